The quantitative estimate of drug-likeness (QED) is 0.815. The van der Waals surface area contributed by atoms with Crippen LogP contribution in [0.3, 0.4) is 0 Å². The zero-order valence-electron chi connectivity index (χ0n) is 9.51. The summed E-state index contributed by atoms with van der Waals surface area (Å²) in [4.78, 5) is 11.3. The predicted molar refractivity (Wildman–Crippen MR) is 57.1 cm³/mol. The van der Waals surface area contributed by atoms with Gasteiger partial charge in [-0.05, 0) is 17.7 Å². The fraction of sp³-hybridized carbons (Fsp3) is 0.417. The van der Waals surface area contributed by atoms with Crippen molar-refractivity contribution in [2.75, 3.05) is 7.05 Å². The minimum atomic E-state index is -4.05. The summed E-state index contributed by atoms with van der Waals surface area (Å²) in [7, 11) is 1.40. The summed E-state index contributed by atoms with van der Waals surface area (Å²) >= 11 is 0. The Bertz CT molecular complexity index is 487. The Morgan fingerprint density at radius 1 is 1.33 bits per heavy atom. The van der Waals surface area contributed by atoms with Gasteiger partial charge in [-0.1, -0.05) is 12.1 Å². The predicted octanol–water partition coefficient (Wildman–Crippen LogP) is 2.80. The Kier molecular flexibility index (Phi) is 2.83. The topological polar surface area (TPSA) is 29.1 Å². The molecule has 0 aromatic heterocycles. The smallest absolute Gasteiger partial charge is 0.317 e. The third kappa shape index (κ3) is 1.76. The normalized spacial score (nSPS) is 24.2. The standard InChI is InChI=1S/C12H11F4NO/c1-17-10(18)8-4-2-3-7(5-8)9-6-11(13,14)12(9,15)16/h2-5,9H,6H2,1H3,(H,17,18). The molecule has 2 nitrogen and oxygen atoms in total. The first-order valence-corrected chi connectivity index (χ1v) is 5.37. The lowest BCUT2D eigenvalue weighted by atomic mass is 9.72. The van der Waals surface area contributed by atoms with E-state index in [2.05, 4.69) is 5.32 Å². The van der Waals surface area contributed by atoms with Crippen molar-refractivity contribution in [2.24, 2.45) is 0 Å². The molecule has 98 valence electrons. The fourth-order valence-corrected chi connectivity index (χ4v) is 2.01. The number of rotatable bonds is 2. The molecule has 1 saturated carbocycles. The van der Waals surface area contributed by atoms with Crippen LogP contribution in [0.2, 0.25) is 0 Å². The van der Waals surface area contributed by atoms with E-state index in [0.717, 1.165) is 0 Å². The first-order valence-electron chi connectivity index (χ1n) is 5.37. The first kappa shape index (κ1) is 12.9. The highest BCUT2D eigenvalue weighted by molar-refractivity contribution is 5.94. The van der Waals surface area contributed by atoms with Gasteiger partial charge in [-0.2, -0.15) is 17.6 Å². The van der Waals surface area contributed by atoms with Gasteiger partial charge in [0.1, 0.15) is 0 Å². The molecular formula is C12H11F4NO. The van der Waals surface area contributed by atoms with Crippen molar-refractivity contribution in [1.29, 1.82) is 0 Å². The van der Waals surface area contributed by atoms with Crippen molar-refractivity contribution in [2.45, 2.75) is 24.2 Å². The SMILES string of the molecule is CNC(=O)c1cccc(C2CC(F)(F)C2(F)F)c1. The molecule has 0 spiro atoms. The molecule has 0 saturated heterocycles. The van der Waals surface area contributed by atoms with Gasteiger partial charge in [0.15, 0.2) is 0 Å². The van der Waals surface area contributed by atoms with Crippen molar-refractivity contribution < 1.29 is 22.4 Å². The molecule has 1 atom stereocenters. The van der Waals surface area contributed by atoms with Gasteiger partial charge < -0.3 is 5.32 Å². The second kappa shape index (κ2) is 3.96. The number of hydrogen-bond donors (Lipinski definition) is 1. The molecule has 1 N–H and O–H groups in total. The van der Waals surface area contributed by atoms with Crippen LogP contribution in [0, 0.1) is 0 Å². The van der Waals surface area contributed by atoms with E-state index < -0.39 is 30.1 Å². The third-order valence-corrected chi connectivity index (χ3v) is 3.16. The number of carbonyl (C=O) groups excluding carboxylic acids is 1. The summed E-state index contributed by atoms with van der Waals surface area (Å²) in [6.07, 6.45) is -0.892. The number of halogens is 4. The molecule has 0 heterocycles. The van der Waals surface area contributed by atoms with Gasteiger partial charge in [-0.25, -0.2) is 0 Å². The lowest BCUT2D eigenvalue weighted by molar-refractivity contribution is -0.290. The average molecular weight is 261 g/mol. The van der Waals surface area contributed by atoms with E-state index in [-0.39, 0.29) is 11.1 Å². The maximum atomic E-state index is 13.2. The van der Waals surface area contributed by atoms with E-state index >= 15 is 0 Å². The number of alkyl halides is 4. The molecule has 0 radical (unpaired) electrons. The van der Waals surface area contributed by atoms with Gasteiger partial charge in [0.25, 0.3) is 5.91 Å². The van der Waals surface area contributed by atoms with Crippen molar-refractivity contribution in [3.8, 4) is 0 Å². The maximum absolute atomic E-state index is 13.2. The van der Waals surface area contributed by atoms with E-state index in [0.29, 0.717) is 0 Å². The van der Waals surface area contributed by atoms with Crippen LogP contribution in [0.1, 0.15) is 28.3 Å². The first-order chi connectivity index (χ1) is 8.29. The highest BCUT2D eigenvalue weighted by atomic mass is 19.3. The van der Waals surface area contributed by atoms with Gasteiger partial charge in [-0.3, -0.25) is 4.79 Å². The highest BCUT2D eigenvalue weighted by Gasteiger charge is 2.71. The summed E-state index contributed by atoms with van der Waals surface area (Å²) in [5.41, 5.74) is 0.244. The van der Waals surface area contributed by atoms with Crippen LogP contribution in [0.5, 0.6) is 0 Å². The van der Waals surface area contributed by atoms with Crippen LogP contribution in [-0.4, -0.2) is 24.8 Å². The summed E-state index contributed by atoms with van der Waals surface area (Å²) in [5, 5.41) is 2.35. The molecule has 0 aliphatic heterocycles. The second-order valence-electron chi connectivity index (χ2n) is 4.29. The van der Waals surface area contributed by atoms with Gasteiger partial charge in [0.05, 0.1) is 5.92 Å². The highest BCUT2D eigenvalue weighted by Crippen LogP contribution is 2.59. The Labute approximate surface area is 101 Å². The van der Waals surface area contributed by atoms with E-state index in [1.807, 2.05) is 0 Å². The summed E-state index contributed by atoms with van der Waals surface area (Å²) in [6.45, 7) is 0. The second-order valence-corrected chi connectivity index (χ2v) is 4.29. The van der Waals surface area contributed by atoms with Crippen molar-refractivity contribution in [1.82, 2.24) is 5.32 Å². The number of carbonyl (C=O) groups is 1. The molecular weight excluding hydrogens is 250 g/mol. The lowest BCUT2D eigenvalue weighted by Gasteiger charge is -2.44. The molecule has 6 heteroatoms. The molecule has 1 unspecified atom stereocenters. The van der Waals surface area contributed by atoms with E-state index in [1.165, 1.54) is 31.3 Å². The number of nitrogens with one attached hydrogen (secondary N) is 1. The average Bonchev–Trinajstić information content (AvgIpc) is 2.35. The minimum Gasteiger partial charge on any atom is -0.355 e. The van der Waals surface area contributed by atoms with Crippen molar-refractivity contribution >= 4 is 5.91 Å². The minimum absolute atomic E-state index is 0.0621. The van der Waals surface area contributed by atoms with E-state index in [9.17, 15) is 22.4 Å². The van der Waals surface area contributed by atoms with Gasteiger partial charge in [0, 0.05) is 19.0 Å². The molecule has 1 aliphatic rings. The summed E-state index contributed by atoms with van der Waals surface area (Å²) in [5.74, 6) is -9.97. The van der Waals surface area contributed by atoms with E-state index in [4.69, 9.17) is 0 Å². The molecule has 0 bridgehead atoms. The molecule has 1 aliphatic carbocycles. The van der Waals surface area contributed by atoms with Crippen LogP contribution in [-0.2, 0) is 0 Å². The third-order valence-electron chi connectivity index (χ3n) is 3.16. The Morgan fingerprint density at radius 3 is 2.50 bits per heavy atom. The molecule has 2 rings (SSSR count). The zero-order valence-corrected chi connectivity index (χ0v) is 9.51. The van der Waals surface area contributed by atoms with Crippen LogP contribution >= 0.6 is 0 Å². The van der Waals surface area contributed by atoms with Crippen molar-refractivity contribution in [3.63, 3.8) is 0 Å². The largest absolute Gasteiger partial charge is 0.355 e. The number of amides is 1. The summed E-state index contributed by atoms with van der Waals surface area (Å²) < 4.78 is 52.0. The molecule has 1 aromatic rings. The fourth-order valence-electron chi connectivity index (χ4n) is 2.01. The molecule has 1 fully saturated rings. The van der Waals surface area contributed by atoms with Crippen molar-refractivity contribution in [3.05, 3.63) is 35.4 Å². The molecule has 1 aromatic carbocycles. The maximum Gasteiger partial charge on any atom is 0.317 e. The monoisotopic (exact) mass is 261 g/mol. The lowest BCUT2D eigenvalue weighted by Crippen LogP contribution is -2.57. The van der Waals surface area contributed by atoms with Gasteiger partial charge in [-0.15, -0.1) is 0 Å². The number of hydrogen-bond acceptors (Lipinski definition) is 1. The number of benzene rings is 1. The molecule has 18 heavy (non-hydrogen) atoms. The summed E-state index contributed by atoms with van der Waals surface area (Å²) in [6, 6.07) is 5.41. The van der Waals surface area contributed by atoms with Crippen LogP contribution in [0.4, 0.5) is 17.6 Å². The van der Waals surface area contributed by atoms with Crippen LogP contribution in [0.25, 0.3) is 0 Å². The Balaban J connectivity index is 2.29. The molecule has 1 amide bonds. The van der Waals surface area contributed by atoms with Gasteiger partial charge in [0.2, 0.25) is 0 Å². The van der Waals surface area contributed by atoms with Crippen LogP contribution in [0.15, 0.2) is 24.3 Å². The zero-order chi connectivity index (χ0) is 13.6. The van der Waals surface area contributed by atoms with Crippen LogP contribution < -0.4 is 5.32 Å². The Morgan fingerprint density at radius 2 is 2.00 bits per heavy atom. The Hall–Kier alpha value is -1.59. The van der Waals surface area contributed by atoms with Gasteiger partial charge >= 0.3 is 11.8 Å². The van der Waals surface area contributed by atoms with E-state index in [1.54, 1.807) is 0 Å².